The summed E-state index contributed by atoms with van der Waals surface area (Å²) >= 11 is 3.33. The molecule has 0 bridgehead atoms. The highest BCUT2D eigenvalue weighted by atomic mass is 79.9. The van der Waals surface area contributed by atoms with Crippen molar-refractivity contribution in [1.29, 1.82) is 0 Å². The molecule has 4 heteroatoms. The summed E-state index contributed by atoms with van der Waals surface area (Å²) in [6, 6.07) is 5.78. The fraction of sp³-hybridized carbons (Fsp3) is 0.545. The normalized spacial score (nSPS) is 25.5. The van der Waals surface area contributed by atoms with Gasteiger partial charge in [-0.3, -0.25) is 0 Å². The SMILES string of the molecule is OC1CCCC1CNc1cccc(Br)n1. The van der Waals surface area contributed by atoms with Gasteiger partial charge < -0.3 is 10.4 Å². The van der Waals surface area contributed by atoms with Gasteiger partial charge in [0.1, 0.15) is 10.4 Å². The first-order valence-corrected chi connectivity index (χ1v) is 6.09. The van der Waals surface area contributed by atoms with Crippen LogP contribution < -0.4 is 5.32 Å². The van der Waals surface area contributed by atoms with Crippen LogP contribution in [-0.4, -0.2) is 22.7 Å². The van der Waals surface area contributed by atoms with Crippen molar-refractivity contribution in [3.63, 3.8) is 0 Å². The molecular weight excluding hydrogens is 256 g/mol. The van der Waals surface area contributed by atoms with Gasteiger partial charge in [-0.15, -0.1) is 0 Å². The molecular formula is C11H15BrN2O. The van der Waals surface area contributed by atoms with Crippen LogP contribution in [0, 0.1) is 5.92 Å². The van der Waals surface area contributed by atoms with E-state index in [9.17, 15) is 5.11 Å². The molecule has 82 valence electrons. The Bertz CT molecular complexity index is 332. The molecule has 0 spiro atoms. The Morgan fingerprint density at radius 1 is 1.47 bits per heavy atom. The minimum atomic E-state index is -0.135. The molecule has 0 aromatic carbocycles. The van der Waals surface area contributed by atoms with E-state index in [1.54, 1.807) is 0 Å². The Morgan fingerprint density at radius 2 is 2.33 bits per heavy atom. The van der Waals surface area contributed by atoms with E-state index in [4.69, 9.17) is 0 Å². The maximum atomic E-state index is 9.65. The average molecular weight is 271 g/mol. The maximum absolute atomic E-state index is 9.65. The number of nitrogens with one attached hydrogen (secondary N) is 1. The van der Waals surface area contributed by atoms with Gasteiger partial charge in [0.25, 0.3) is 0 Å². The van der Waals surface area contributed by atoms with Crippen molar-refractivity contribution < 1.29 is 5.11 Å². The fourth-order valence-corrected chi connectivity index (χ4v) is 2.34. The third-order valence-corrected chi connectivity index (χ3v) is 3.32. The summed E-state index contributed by atoms with van der Waals surface area (Å²) in [6.07, 6.45) is 3.06. The second kappa shape index (κ2) is 4.94. The Balaban J connectivity index is 1.87. The molecule has 3 nitrogen and oxygen atoms in total. The molecule has 2 unspecified atom stereocenters. The smallest absolute Gasteiger partial charge is 0.127 e. The van der Waals surface area contributed by atoms with Crippen molar-refractivity contribution in [3.05, 3.63) is 22.8 Å². The molecule has 1 aromatic heterocycles. The first-order valence-electron chi connectivity index (χ1n) is 5.30. The first kappa shape index (κ1) is 10.9. The van der Waals surface area contributed by atoms with Crippen LogP contribution in [0.25, 0.3) is 0 Å². The maximum Gasteiger partial charge on any atom is 0.127 e. The van der Waals surface area contributed by atoms with Crippen LogP contribution in [0.1, 0.15) is 19.3 Å². The summed E-state index contributed by atoms with van der Waals surface area (Å²) in [7, 11) is 0. The first-order chi connectivity index (χ1) is 7.25. The molecule has 0 saturated heterocycles. The zero-order chi connectivity index (χ0) is 10.7. The van der Waals surface area contributed by atoms with E-state index in [2.05, 4.69) is 26.2 Å². The summed E-state index contributed by atoms with van der Waals surface area (Å²) in [5, 5.41) is 12.9. The number of aliphatic hydroxyl groups excluding tert-OH is 1. The van der Waals surface area contributed by atoms with E-state index in [1.807, 2.05) is 18.2 Å². The number of anilines is 1. The molecule has 2 rings (SSSR count). The number of pyridine rings is 1. The van der Waals surface area contributed by atoms with Crippen molar-refractivity contribution in [2.45, 2.75) is 25.4 Å². The lowest BCUT2D eigenvalue weighted by Crippen LogP contribution is -2.22. The van der Waals surface area contributed by atoms with Crippen molar-refractivity contribution in [1.82, 2.24) is 4.98 Å². The van der Waals surface area contributed by atoms with Gasteiger partial charge >= 0.3 is 0 Å². The standard InChI is InChI=1S/C11H15BrN2O/c12-10-5-2-6-11(14-10)13-7-8-3-1-4-9(8)15/h2,5-6,8-9,15H,1,3-4,7H2,(H,13,14). The Morgan fingerprint density at radius 3 is 3.00 bits per heavy atom. The van der Waals surface area contributed by atoms with Gasteiger partial charge in [0.2, 0.25) is 0 Å². The van der Waals surface area contributed by atoms with Gasteiger partial charge in [0.15, 0.2) is 0 Å². The van der Waals surface area contributed by atoms with Crippen molar-refractivity contribution in [3.8, 4) is 0 Å². The second-order valence-corrected chi connectivity index (χ2v) is 4.80. The van der Waals surface area contributed by atoms with Crippen LogP contribution in [-0.2, 0) is 0 Å². The van der Waals surface area contributed by atoms with Crippen LogP contribution in [0.4, 0.5) is 5.82 Å². The number of aromatic nitrogens is 1. The molecule has 0 amide bonds. The Labute approximate surface area is 98.0 Å². The number of hydrogen-bond donors (Lipinski definition) is 2. The van der Waals surface area contributed by atoms with E-state index in [0.29, 0.717) is 5.92 Å². The van der Waals surface area contributed by atoms with E-state index in [-0.39, 0.29) is 6.10 Å². The van der Waals surface area contributed by atoms with Gasteiger partial charge in [-0.25, -0.2) is 4.98 Å². The third-order valence-electron chi connectivity index (χ3n) is 2.88. The number of aliphatic hydroxyl groups is 1. The van der Waals surface area contributed by atoms with Gasteiger partial charge in [0.05, 0.1) is 6.10 Å². The lowest BCUT2D eigenvalue weighted by Gasteiger charge is -2.15. The molecule has 1 aliphatic rings. The highest BCUT2D eigenvalue weighted by Gasteiger charge is 2.24. The average Bonchev–Trinajstić information content (AvgIpc) is 2.61. The van der Waals surface area contributed by atoms with E-state index in [0.717, 1.165) is 36.2 Å². The van der Waals surface area contributed by atoms with Gasteiger partial charge in [-0.2, -0.15) is 0 Å². The number of rotatable bonds is 3. The van der Waals surface area contributed by atoms with Crippen LogP contribution in [0.3, 0.4) is 0 Å². The molecule has 1 aliphatic carbocycles. The van der Waals surface area contributed by atoms with E-state index < -0.39 is 0 Å². The van der Waals surface area contributed by atoms with Crippen LogP contribution in [0.15, 0.2) is 22.8 Å². The summed E-state index contributed by atoms with van der Waals surface area (Å²) in [4.78, 5) is 4.28. The minimum absolute atomic E-state index is 0.135. The Kier molecular flexibility index (Phi) is 3.59. The zero-order valence-electron chi connectivity index (χ0n) is 8.49. The highest BCUT2D eigenvalue weighted by molar-refractivity contribution is 9.10. The lowest BCUT2D eigenvalue weighted by molar-refractivity contribution is 0.138. The van der Waals surface area contributed by atoms with Gasteiger partial charge in [0, 0.05) is 12.5 Å². The highest BCUT2D eigenvalue weighted by Crippen LogP contribution is 2.25. The molecule has 15 heavy (non-hydrogen) atoms. The molecule has 1 fully saturated rings. The summed E-state index contributed by atoms with van der Waals surface area (Å²) < 4.78 is 0.833. The quantitative estimate of drug-likeness (QED) is 0.830. The van der Waals surface area contributed by atoms with Crippen LogP contribution in [0.2, 0.25) is 0 Å². The molecule has 1 saturated carbocycles. The predicted octanol–water partition coefficient (Wildman–Crippen LogP) is 2.42. The van der Waals surface area contributed by atoms with E-state index >= 15 is 0 Å². The fourth-order valence-electron chi connectivity index (χ4n) is 2.00. The third kappa shape index (κ3) is 2.92. The lowest BCUT2D eigenvalue weighted by atomic mass is 10.1. The van der Waals surface area contributed by atoms with Crippen molar-refractivity contribution in [2.75, 3.05) is 11.9 Å². The topological polar surface area (TPSA) is 45.1 Å². The molecule has 2 N–H and O–H groups in total. The molecule has 0 radical (unpaired) electrons. The number of halogens is 1. The summed E-state index contributed by atoms with van der Waals surface area (Å²) in [5.74, 6) is 1.24. The number of nitrogens with zero attached hydrogens (tertiary/aromatic N) is 1. The molecule has 1 heterocycles. The van der Waals surface area contributed by atoms with Crippen molar-refractivity contribution >= 4 is 21.7 Å². The largest absolute Gasteiger partial charge is 0.393 e. The predicted molar refractivity (Wildman–Crippen MR) is 63.8 cm³/mol. The second-order valence-electron chi connectivity index (χ2n) is 3.98. The minimum Gasteiger partial charge on any atom is -0.393 e. The van der Waals surface area contributed by atoms with Crippen molar-refractivity contribution in [2.24, 2.45) is 5.92 Å². The van der Waals surface area contributed by atoms with Gasteiger partial charge in [-0.1, -0.05) is 12.5 Å². The Hall–Kier alpha value is -0.610. The number of hydrogen-bond acceptors (Lipinski definition) is 3. The van der Waals surface area contributed by atoms with Gasteiger partial charge in [-0.05, 0) is 40.9 Å². The molecule has 1 aromatic rings. The molecule has 2 atom stereocenters. The molecule has 0 aliphatic heterocycles. The van der Waals surface area contributed by atoms with Crippen LogP contribution >= 0.6 is 15.9 Å². The van der Waals surface area contributed by atoms with Crippen LogP contribution in [0.5, 0.6) is 0 Å². The zero-order valence-corrected chi connectivity index (χ0v) is 10.1. The summed E-state index contributed by atoms with van der Waals surface area (Å²) in [6.45, 7) is 0.810. The summed E-state index contributed by atoms with van der Waals surface area (Å²) in [5.41, 5.74) is 0. The monoisotopic (exact) mass is 270 g/mol. The van der Waals surface area contributed by atoms with E-state index in [1.165, 1.54) is 0 Å².